The Kier molecular flexibility index (Phi) is 3.87. The number of benzene rings is 2. The molecule has 2 rings (SSSR count). The number of hydrogen-bond acceptors (Lipinski definition) is 3. The molecule has 0 aromatic heterocycles. The molecule has 0 fully saturated rings. The highest BCUT2D eigenvalue weighted by Crippen LogP contribution is 2.22. The molecule has 0 aliphatic rings. The van der Waals surface area contributed by atoms with Gasteiger partial charge in [-0.1, -0.05) is 42.0 Å². The van der Waals surface area contributed by atoms with Crippen molar-refractivity contribution >= 4 is 10.0 Å². The third kappa shape index (κ3) is 4.08. The van der Waals surface area contributed by atoms with Gasteiger partial charge in [0.15, 0.2) is 0 Å². The Morgan fingerprint density at radius 1 is 0.895 bits per heavy atom. The Labute approximate surface area is 113 Å². The standard InChI is InChI=1S/C14H15NO3S/c1-11-3-5-12(6-4-11)13-7-9-14(10-8-13)18-15-19(2,16)17/h3-10,15H,1-2H3. The van der Waals surface area contributed by atoms with Crippen LogP contribution in [0.3, 0.4) is 0 Å². The summed E-state index contributed by atoms with van der Waals surface area (Å²) >= 11 is 0. The van der Waals surface area contributed by atoms with Crippen molar-refractivity contribution in [2.45, 2.75) is 6.92 Å². The van der Waals surface area contributed by atoms with Gasteiger partial charge in [-0.25, -0.2) is 8.42 Å². The van der Waals surface area contributed by atoms with Gasteiger partial charge in [-0.3, -0.25) is 0 Å². The lowest BCUT2D eigenvalue weighted by atomic mass is 10.0. The zero-order valence-electron chi connectivity index (χ0n) is 10.8. The number of rotatable bonds is 4. The van der Waals surface area contributed by atoms with Crippen LogP contribution in [-0.2, 0) is 10.0 Å². The average molecular weight is 277 g/mol. The van der Waals surface area contributed by atoms with Crippen molar-refractivity contribution < 1.29 is 13.3 Å². The molecule has 0 amide bonds. The maximum atomic E-state index is 10.9. The largest absolute Gasteiger partial charge is 0.394 e. The van der Waals surface area contributed by atoms with E-state index in [0.29, 0.717) is 5.75 Å². The first-order chi connectivity index (χ1) is 8.94. The van der Waals surface area contributed by atoms with E-state index in [-0.39, 0.29) is 0 Å². The molecule has 0 saturated carbocycles. The van der Waals surface area contributed by atoms with Gasteiger partial charge in [-0.15, -0.1) is 0 Å². The molecule has 19 heavy (non-hydrogen) atoms. The maximum absolute atomic E-state index is 10.9. The van der Waals surface area contributed by atoms with Gasteiger partial charge in [0.25, 0.3) is 0 Å². The molecule has 0 bridgehead atoms. The third-order valence-corrected chi connectivity index (χ3v) is 2.94. The summed E-state index contributed by atoms with van der Waals surface area (Å²) in [6.07, 6.45) is 1.04. The second-order valence-corrected chi connectivity index (χ2v) is 6.06. The Hall–Kier alpha value is -1.85. The minimum absolute atomic E-state index is 0.446. The van der Waals surface area contributed by atoms with Crippen molar-refractivity contribution in [1.82, 2.24) is 4.89 Å². The Balaban J connectivity index is 2.12. The van der Waals surface area contributed by atoms with Crippen molar-refractivity contribution in [2.24, 2.45) is 0 Å². The molecular weight excluding hydrogens is 262 g/mol. The quantitative estimate of drug-likeness (QED) is 0.874. The van der Waals surface area contributed by atoms with Gasteiger partial charge in [0.1, 0.15) is 5.75 Å². The average Bonchev–Trinajstić information content (AvgIpc) is 2.37. The summed E-state index contributed by atoms with van der Waals surface area (Å²) in [6, 6.07) is 15.4. The van der Waals surface area contributed by atoms with E-state index in [0.717, 1.165) is 17.4 Å². The van der Waals surface area contributed by atoms with Crippen LogP contribution in [-0.4, -0.2) is 14.7 Å². The number of hydrogen-bond donors (Lipinski definition) is 1. The van der Waals surface area contributed by atoms with Gasteiger partial charge in [-0.05, 0) is 35.1 Å². The number of aryl methyl sites for hydroxylation is 1. The van der Waals surface area contributed by atoms with E-state index in [1.165, 1.54) is 5.56 Å². The number of sulfonamides is 1. The summed E-state index contributed by atoms with van der Waals surface area (Å²) in [5.41, 5.74) is 3.36. The van der Waals surface area contributed by atoms with Gasteiger partial charge in [0.05, 0.1) is 6.26 Å². The fourth-order valence-corrected chi connectivity index (χ4v) is 1.83. The molecule has 100 valence electrons. The molecule has 5 heteroatoms. The molecule has 0 atom stereocenters. The lowest BCUT2D eigenvalue weighted by molar-refractivity contribution is 0.270. The summed E-state index contributed by atoms with van der Waals surface area (Å²) in [4.78, 5) is 6.92. The minimum Gasteiger partial charge on any atom is -0.394 e. The van der Waals surface area contributed by atoms with Gasteiger partial charge in [0.2, 0.25) is 10.0 Å². The molecule has 1 N–H and O–H groups in total. The first-order valence-corrected chi connectivity index (χ1v) is 7.64. The molecule has 0 radical (unpaired) electrons. The van der Waals surface area contributed by atoms with Gasteiger partial charge in [-0.2, -0.15) is 0 Å². The van der Waals surface area contributed by atoms with E-state index in [1.54, 1.807) is 12.1 Å². The maximum Gasteiger partial charge on any atom is 0.239 e. The van der Waals surface area contributed by atoms with E-state index in [9.17, 15) is 8.42 Å². The Bertz CT molecular complexity index is 646. The van der Waals surface area contributed by atoms with E-state index in [1.807, 2.05) is 48.2 Å². The SMILES string of the molecule is Cc1ccc(-c2ccc(ONS(C)(=O)=O)cc2)cc1. The van der Waals surface area contributed by atoms with Crippen LogP contribution in [0.1, 0.15) is 5.56 Å². The molecule has 0 aliphatic heterocycles. The summed E-state index contributed by atoms with van der Waals surface area (Å²) < 4.78 is 21.8. The monoisotopic (exact) mass is 277 g/mol. The Morgan fingerprint density at radius 3 is 1.84 bits per heavy atom. The predicted molar refractivity (Wildman–Crippen MR) is 75.2 cm³/mol. The minimum atomic E-state index is -3.36. The van der Waals surface area contributed by atoms with Crippen LogP contribution in [0.15, 0.2) is 48.5 Å². The van der Waals surface area contributed by atoms with Gasteiger partial charge < -0.3 is 4.84 Å². The first-order valence-electron chi connectivity index (χ1n) is 5.75. The van der Waals surface area contributed by atoms with Crippen molar-refractivity contribution in [1.29, 1.82) is 0 Å². The van der Waals surface area contributed by atoms with Gasteiger partial charge >= 0.3 is 0 Å². The summed E-state index contributed by atoms with van der Waals surface area (Å²) in [6.45, 7) is 2.04. The first kappa shape index (κ1) is 13.6. The van der Waals surface area contributed by atoms with Crippen LogP contribution in [0.5, 0.6) is 5.75 Å². The highest BCUT2D eigenvalue weighted by Gasteiger charge is 2.02. The van der Waals surface area contributed by atoms with Gasteiger partial charge in [0, 0.05) is 0 Å². The molecule has 0 saturated heterocycles. The lowest BCUT2D eigenvalue weighted by Gasteiger charge is -2.06. The van der Waals surface area contributed by atoms with E-state index >= 15 is 0 Å². The number of nitrogens with one attached hydrogen (secondary N) is 1. The normalized spacial score (nSPS) is 11.3. The fraction of sp³-hybridized carbons (Fsp3) is 0.143. The van der Waals surface area contributed by atoms with Crippen LogP contribution < -0.4 is 9.72 Å². The molecule has 2 aromatic carbocycles. The topological polar surface area (TPSA) is 55.4 Å². The van der Waals surface area contributed by atoms with Crippen LogP contribution in [0.2, 0.25) is 0 Å². The van der Waals surface area contributed by atoms with Crippen molar-refractivity contribution in [3.8, 4) is 16.9 Å². The van der Waals surface area contributed by atoms with Crippen molar-refractivity contribution in [3.63, 3.8) is 0 Å². The summed E-state index contributed by atoms with van der Waals surface area (Å²) in [5.74, 6) is 0.446. The molecule has 4 nitrogen and oxygen atoms in total. The van der Waals surface area contributed by atoms with Crippen LogP contribution >= 0.6 is 0 Å². The van der Waals surface area contributed by atoms with E-state index in [2.05, 4.69) is 0 Å². The van der Waals surface area contributed by atoms with E-state index in [4.69, 9.17) is 4.84 Å². The summed E-state index contributed by atoms with van der Waals surface area (Å²) in [7, 11) is -3.36. The van der Waals surface area contributed by atoms with Crippen molar-refractivity contribution in [3.05, 3.63) is 54.1 Å². The second-order valence-electron chi connectivity index (χ2n) is 4.35. The zero-order valence-corrected chi connectivity index (χ0v) is 11.6. The second kappa shape index (κ2) is 5.42. The third-order valence-electron chi connectivity index (χ3n) is 2.55. The zero-order chi connectivity index (χ0) is 13.9. The smallest absolute Gasteiger partial charge is 0.239 e. The molecule has 0 heterocycles. The van der Waals surface area contributed by atoms with Crippen LogP contribution in [0, 0.1) is 6.92 Å². The highest BCUT2D eigenvalue weighted by molar-refractivity contribution is 7.88. The van der Waals surface area contributed by atoms with E-state index < -0.39 is 10.0 Å². The van der Waals surface area contributed by atoms with Crippen molar-refractivity contribution in [2.75, 3.05) is 6.26 Å². The highest BCUT2D eigenvalue weighted by atomic mass is 32.2. The molecule has 0 unspecified atom stereocenters. The molecule has 2 aromatic rings. The fourth-order valence-electron chi connectivity index (χ4n) is 1.59. The lowest BCUT2D eigenvalue weighted by Crippen LogP contribution is -2.25. The molecular formula is C14H15NO3S. The summed E-state index contributed by atoms with van der Waals surface area (Å²) in [5, 5.41) is 0. The molecule has 0 aliphatic carbocycles. The van der Waals surface area contributed by atoms with Crippen LogP contribution in [0.4, 0.5) is 0 Å². The van der Waals surface area contributed by atoms with Crippen LogP contribution in [0.25, 0.3) is 11.1 Å². The molecule has 0 spiro atoms. The Morgan fingerprint density at radius 2 is 1.37 bits per heavy atom. The predicted octanol–water partition coefficient (Wildman–Crippen LogP) is 2.51.